The maximum atomic E-state index is 5.93. The number of hydrogen-bond acceptors (Lipinski definition) is 2. The number of aryl methyl sites for hydroxylation is 1. The highest BCUT2D eigenvalue weighted by atomic mass is 35.5. The smallest absolute Gasteiger partial charge is 0.100 e. The number of rotatable bonds is 3. The molecule has 0 aromatic carbocycles. The maximum Gasteiger partial charge on any atom is 0.100 e. The Kier molecular flexibility index (Phi) is 4.72. The fourth-order valence-electron chi connectivity index (χ4n) is 3.36. The lowest BCUT2D eigenvalue weighted by atomic mass is 9.84. The van der Waals surface area contributed by atoms with Crippen molar-refractivity contribution in [1.29, 1.82) is 0 Å². The number of aromatic nitrogens is 1. The van der Waals surface area contributed by atoms with Gasteiger partial charge in [0.15, 0.2) is 0 Å². The van der Waals surface area contributed by atoms with E-state index in [1.54, 1.807) is 16.7 Å². The highest BCUT2D eigenvalue weighted by Crippen LogP contribution is 2.36. The summed E-state index contributed by atoms with van der Waals surface area (Å²) in [6.07, 6.45) is 12.4. The van der Waals surface area contributed by atoms with Crippen molar-refractivity contribution in [2.24, 2.45) is 0 Å². The van der Waals surface area contributed by atoms with Crippen LogP contribution in [0.1, 0.15) is 55.0 Å². The normalized spacial score (nSPS) is 18.6. The van der Waals surface area contributed by atoms with E-state index in [9.17, 15) is 0 Å². The van der Waals surface area contributed by atoms with Crippen molar-refractivity contribution >= 4 is 23.4 Å². The lowest BCUT2D eigenvalue weighted by molar-refractivity contribution is 0.610. The fraction of sp³-hybridized carbons (Fsp3) is 0.588. The average Bonchev–Trinajstić information content (AvgIpc) is 2.47. The number of pyridine rings is 1. The van der Waals surface area contributed by atoms with E-state index in [-0.39, 0.29) is 0 Å². The molecule has 0 saturated heterocycles. The predicted octanol–water partition coefficient (Wildman–Crippen LogP) is 5.07. The molecule has 1 nitrogen and oxygen atoms in total. The number of thioether (sulfide) groups is 1. The molecule has 0 N–H and O–H groups in total. The molecule has 20 heavy (non-hydrogen) atoms. The van der Waals surface area contributed by atoms with Gasteiger partial charge in [0.25, 0.3) is 0 Å². The molecule has 0 atom stereocenters. The van der Waals surface area contributed by atoms with Crippen LogP contribution in [0.4, 0.5) is 0 Å². The van der Waals surface area contributed by atoms with Crippen LogP contribution in [0.5, 0.6) is 0 Å². The van der Waals surface area contributed by atoms with Crippen LogP contribution in [0.15, 0.2) is 16.1 Å². The lowest BCUT2D eigenvalue weighted by Gasteiger charge is -2.26. The molecule has 0 fully saturated rings. The first kappa shape index (κ1) is 14.5. The molecule has 2 aliphatic carbocycles. The Labute approximate surface area is 131 Å². The van der Waals surface area contributed by atoms with Crippen LogP contribution in [0.3, 0.4) is 0 Å². The predicted molar refractivity (Wildman–Crippen MR) is 87.9 cm³/mol. The zero-order chi connectivity index (χ0) is 13.9. The zero-order valence-corrected chi connectivity index (χ0v) is 13.7. The minimum atomic E-state index is 0.879. The van der Waals surface area contributed by atoms with Gasteiger partial charge >= 0.3 is 0 Å². The van der Waals surface area contributed by atoms with Crippen LogP contribution in [0.2, 0.25) is 0 Å². The Balaban J connectivity index is 1.94. The van der Waals surface area contributed by atoms with Crippen molar-refractivity contribution in [3.05, 3.63) is 33.5 Å². The Hall–Kier alpha value is -0.470. The van der Waals surface area contributed by atoms with E-state index in [4.69, 9.17) is 16.6 Å². The molecule has 1 aromatic rings. The van der Waals surface area contributed by atoms with E-state index in [0.29, 0.717) is 0 Å². The molecule has 1 heterocycles. The SMILES string of the molecule is C/C(Cl)=C/CSc1nc2c(c3c1CCCC3)CCCC2. The van der Waals surface area contributed by atoms with Crippen LogP contribution in [0, 0.1) is 0 Å². The zero-order valence-electron chi connectivity index (χ0n) is 12.2. The number of allylic oxidation sites excluding steroid dienone is 1. The van der Waals surface area contributed by atoms with Crippen molar-refractivity contribution in [2.75, 3.05) is 5.75 Å². The summed E-state index contributed by atoms with van der Waals surface area (Å²) in [6.45, 7) is 1.94. The second-order valence-corrected chi connectivity index (χ2v) is 7.42. The largest absolute Gasteiger partial charge is 0.246 e. The van der Waals surface area contributed by atoms with Crippen molar-refractivity contribution in [1.82, 2.24) is 4.98 Å². The molecular formula is C17H22ClNS. The first-order chi connectivity index (χ1) is 9.75. The minimum Gasteiger partial charge on any atom is -0.246 e. The van der Waals surface area contributed by atoms with Crippen LogP contribution >= 0.6 is 23.4 Å². The van der Waals surface area contributed by atoms with Gasteiger partial charge < -0.3 is 0 Å². The monoisotopic (exact) mass is 307 g/mol. The quantitative estimate of drug-likeness (QED) is 0.723. The number of nitrogens with zero attached hydrogens (tertiary/aromatic N) is 1. The third-order valence-corrected chi connectivity index (χ3v) is 5.45. The summed E-state index contributed by atoms with van der Waals surface area (Å²) in [4.78, 5) is 5.01. The summed E-state index contributed by atoms with van der Waals surface area (Å²) in [6, 6.07) is 0. The topological polar surface area (TPSA) is 12.9 Å². The first-order valence-electron chi connectivity index (χ1n) is 7.74. The molecule has 0 unspecified atom stereocenters. The molecule has 0 saturated carbocycles. The highest BCUT2D eigenvalue weighted by molar-refractivity contribution is 7.99. The summed E-state index contributed by atoms with van der Waals surface area (Å²) in [5.74, 6) is 0.938. The van der Waals surface area contributed by atoms with Crippen molar-refractivity contribution < 1.29 is 0 Å². The summed E-state index contributed by atoms with van der Waals surface area (Å²) >= 11 is 7.79. The van der Waals surface area contributed by atoms with Gasteiger partial charge in [-0.25, -0.2) is 4.98 Å². The Morgan fingerprint density at radius 2 is 1.70 bits per heavy atom. The molecule has 1 aromatic heterocycles. The van der Waals surface area contributed by atoms with Crippen molar-refractivity contribution in [3.63, 3.8) is 0 Å². The summed E-state index contributed by atoms with van der Waals surface area (Å²) < 4.78 is 0. The van der Waals surface area contributed by atoms with E-state index < -0.39 is 0 Å². The summed E-state index contributed by atoms with van der Waals surface area (Å²) in [5, 5.41) is 2.17. The minimum absolute atomic E-state index is 0.879. The van der Waals surface area contributed by atoms with Gasteiger partial charge in [-0.15, -0.1) is 11.8 Å². The average molecular weight is 308 g/mol. The van der Waals surface area contributed by atoms with Gasteiger partial charge in [-0.2, -0.15) is 0 Å². The molecule has 0 amide bonds. The second-order valence-electron chi connectivity index (χ2n) is 5.82. The van der Waals surface area contributed by atoms with Crippen LogP contribution in [-0.2, 0) is 25.7 Å². The first-order valence-corrected chi connectivity index (χ1v) is 9.10. The van der Waals surface area contributed by atoms with Gasteiger partial charge in [0, 0.05) is 16.5 Å². The van der Waals surface area contributed by atoms with Crippen molar-refractivity contribution in [3.8, 4) is 0 Å². The third-order valence-electron chi connectivity index (χ3n) is 4.35. The van der Waals surface area contributed by atoms with Gasteiger partial charge in [-0.3, -0.25) is 0 Å². The molecular weight excluding hydrogens is 286 g/mol. The van der Waals surface area contributed by atoms with Crippen molar-refractivity contribution in [2.45, 2.75) is 63.3 Å². The number of fused-ring (bicyclic) bond motifs is 3. The van der Waals surface area contributed by atoms with E-state index in [0.717, 1.165) is 10.8 Å². The Bertz CT molecular complexity index is 532. The van der Waals surface area contributed by atoms with Crippen LogP contribution in [0.25, 0.3) is 0 Å². The van der Waals surface area contributed by atoms with Gasteiger partial charge in [0.2, 0.25) is 0 Å². The lowest BCUT2D eigenvalue weighted by Crippen LogP contribution is -2.16. The van der Waals surface area contributed by atoms with E-state index >= 15 is 0 Å². The van der Waals surface area contributed by atoms with Gasteiger partial charge in [-0.1, -0.05) is 17.7 Å². The molecule has 0 aliphatic heterocycles. The van der Waals surface area contributed by atoms with Crippen LogP contribution < -0.4 is 0 Å². The van der Waals surface area contributed by atoms with Gasteiger partial charge in [0.05, 0.1) is 0 Å². The molecule has 3 heteroatoms. The number of halogens is 1. The van der Waals surface area contributed by atoms with E-state index in [1.165, 1.54) is 62.1 Å². The highest BCUT2D eigenvalue weighted by Gasteiger charge is 2.23. The van der Waals surface area contributed by atoms with Gasteiger partial charge in [0.1, 0.15) is 5.03 Å². The fourth-order valence-corrected chi connectivity index (χ4v) is 4.59. The molecule has 3 rings (SSSR count). The van der Waals surface area contributed by atoms with E-state index in [1.807, 2.05) is 18.7 Å². The molecule has 0 radical (unpaired) electrons. The molecule has 0 bridgehead atoms. The summed E-state index contributed by atoms with van der Waals surface area (Å²) in [5.41, 5.74) is 6.22. The third kappa shape index (κ3) is 3.07. The second kappa shape index (κ2) is 6.53. The Morgan fingerprint density at radius 3 is 2.45 bits per heavy atom. The summed E-state index contributed by atoms with van der Waals surface area (Å²) in [7, 11) is 0. The molecule has 108 valence electrons. The van der Waals surface area contributed by atoms with E-state index in [2.05, 4.69) is 6.08 Å². The Morgan fingerprint density at radius 1 is 1.05 bits per heavy atom. The van der Waals surface area contributed by atoms with Gasteiger partial charge in [-0.05, 0) is 75.0 Å². The number of hydrogen-bond donors (Lipinski definition) is 0. The standard InChI is InChI=1S/C17H22ClNS/c1-12(18)10-11-20-17-15-8-3-2-6-13(15)14-7-4-5-9-16(14)19-17/h10H,2-9,11H2,1H3/b12-10-. The van der Waals surface area contributed by atoms with Crippen LogP contribution in [-0.4, -0.2) is 10.7 Å². The maximum absolute atomic E-state index is 5.93. The molecule has 0 spiro atoms. The molecule has 2 aliphatic rings.